The van der Waals surface area contributed by atoms with Crippen LogP contribution in [0.1, 0.15) is 47.0 Å². The zero-order valence-electron chi connectivity index (χ0n) is 22.9. The van der Waals surface area contributed by atoms with Gasteiger partial charge in [-0.25, -0.2) is 9.59 Å². The van der Waals surface area contributed by atoms with E-state index < -0.39 is 16.1 Å². The molecule has 6 nitrogen and oxygen atoms in total. The Morgan fingerprint density at radius 3 is 2.20 bits per heavy atom. The average Bonchev–Trinajstić information content (AvgIpc) is 3.37. The fourth-order valence-electron chi connectivity index (χ4n) is 6.97. The topological polar surface area (TPSA) is 78.9 Å². The largest absolute Gasteiger partial charge is 0.458 e. The van der Waals surface area contributed by atoms with Crippen LogP contribution in [0.25, 0.3) is 0 Å². The molecule has 196 valence electrons. The van der Waals surface area contributed by atoms with Crippen molar-refractivity contribution in [2.24, 2.45) is 17.8 Å². The molecule has 2 aliphatic heterocycles. The van der Waals surface area contributed by atoms with E-state index in [0.717, 1.165) is 31.4 Å². The molecule has 0 aromatic rings. The summed E-state index contributed by atoms with van der Waals surface area (Å²) in [7, 11) is -2.88. The minimum absolute atomic E-state index is 0.0646. The summed E-state index contributed by atoms with van der Waals surface area (Å²) in [6.07, 6.45) is 3.57. The summed E-state index contributed by atoms with van der Waals surface area (Å²) in [5.41, 5.74) is 0.162. The summed E-state index contributed by atoms with van der Waals surface area (Å²) in [6.45, 7) is 25.7. The Morgan fingerprint density at radius 2 is 1.71 bits per heavy atom. The lowest BCUT2D eigenvalue weighted by Gasteiger charge is -2.60. The maximum atomic E-state index is 11.7. The van der Waals surface area contributed by atoms with E-state index in [0.29, 0.717) is 16.2 Å². The van der Waals surface area contributed by atoms with Crippen LogP contribution in [0.15, 0.2) is 24.8 Å². The minimum atomic E-state index is -1.44. The van der Waals surface area contributed by atoms with Crippen molar-refractivity contribution < 1.29 is 28.6 Å². The van der Waals surface area contributed by atoms with E-state index in [4.69, 9.17) is 14.2 Å². The van der Waals surface area contributed by atoms with E-state index in [1.165, 1.54) is 6.08 Å². The molecular weight excluding hydrogens is 476 g/mol. The second-order valence-corrected chi connectivity index (χ2v) is 24.2. The van der Waals surface area contributed by atoms with Gasteiger partial charge in [0.05, 0.1) is 22.1 Å². The normalized spacial score (nSPS) is 34.2. The molecule has 0 radical (unpaired) electrons. The van der Waals surface area contributed by atoms with Crippen LogP contribution in [-0.4, -0.2) is 51.9 Å². The van der Waals surface area contributed by atoms with Gasteiger partial charge < -0.3 is 14.2 Å². The molecule has 2 aliphatic carbocycles. The Labute approximate surface area is 212 Å². The first-order chi connectivity index (χ1) is 16.0. The smallest absolute Gasteiger partial charge is 0.333 e. The predicted molar refractivity (Wildman–Crippen MR) is 142 cm³/mol. The molecule has 2 heterocycles. The molecular formula is C27H44O6Si2. The first kappa shape index (κ1) is 27.9. The third-order valence-corrected chi connectivity index (χ3v) is 23.9. The monoisotopic (exact) mass is 520 g/mol. The number of hydrogen-bond donors (Lipinski definition) is 0. The first-order valence-electron chi connectivity index (χ1n) is 12.9. The number of fused-ring (bicyclic) bond motifs is 1. The average molecular weight is 521 g/mol. The fraction of sp³-hybridized carbons (Fsp3) is 0.741. The van der Waals surface area contributed by atoms with Crippen molar-refractivity contribution in [2.45, 2.75) is 108 Å². The van der Waals surface area contributed by atoms with Gasteiger partial charge in [0, 0.05) is 23.5 Å². The lowest BCUT2D eigenvalue weighted by Crippen LogP contribution is -2.65. The highest BCUT2D eigenvalue weighted by molar-refractivity contribution is 7.00. The van der Waals surface area contributed by atoms with Gasteiger partial charge in [-0.05, 0) is 42.9 Å². The van der Waals surface area contributed by atoms with E-state index in [9.17, 15) is 14.4 Å². The van der Waals surface area contributed by atoms with Gasteiger partial charge in [0.25, 0.3) is 0 Å². The van der Waals surface area contributed by atoms with Crippen LogP contribution in [0, 0.1) is 17.8 Å². The fourth-order valence-corrected chi connectivity index (χ4v) is 20.1. The van der Waals surface area contributed by atoms with Crippen molar-refractivity contribution in [3.05, 3.63) is 24.8 Å². The molecule has 2 saturated heterocycles. The van der Waals surface area contributed by atoms with Crippen molar-refractivity contribution in [1.29, 1.82) is 0 Å². The molecule has 35 heavy (non-hydrogen) atoms. The van der Waals surface area contributed by atoms with E-state index in [-0.39, 0.29) is 47.6 Å². The number of carbonyl (C=O) groups is 3. The van der Waals surface area contributed by atoms with Crippen LogP contribution in [0.2, 0.25) is 42.9 Å². The Morgan fingerprint density at radius 1 is 1.14 bits per heavy atom. The van der Waals surface area contributed by atoms with Gasteiger partial charge >= 0.3 is 17.9 Å². The molecule has 5 atom stereocenters. The van der Waals surface area contributed by atoms with Crippen molar-refractivity contribution in [3.63, 3.8) is 0 Å². The second kappa shape index (κ2) is 9.32. The standard InChI is InChI=1S/C15H30O2Si2.C12H14O4/c1-9-13(16)17-15(10-2)11-18(5,6)14(3,4)19(7,8)12-15;1-5(2)11(13)15-9-6-3-7-8(4-6)12(14)16-10(7)9/h9H,1,10-12H2,2-8H3;6-10H,1,3-4H2,2H3. The predicted octanol–water partition coefficient (Wildman–Crippen LogP) is 5.67. The highest BCUT2D eigenvalue weighted by atomic mass is 28.4. The van der Waals surface area contributed by atoms with Gasteiger partial charge in [0.1, 0.15) is 17.8 Å². The molecule has 0 N–H and O–H groups in total. The molecule has 2 saturated carbocycles. The van der Waals surface area contributed by atoms with Crippen LogP contribution >= 0.6 is 0 Å². The maximum absolute atomic E-state index is 11.7. The molecule has 5 unspecified atom stereocenters. The lowest BCUT2D eigenvalue weighted by atomic mass is 9.88. The van der Waals surface area contributed by atoms with Crippen LogP contribution in [0.4, 0.5) is 0 Å². The Hall–Kier alpha value is -1.68. The highest BCUT2D eigenvalue weighted by Gasteiger charge is 2.63. The summed E-state index contributed by atoms with van der Waals surface area (Å²) in [6, 6.07) is 2.17. The number of hydrogen-bond acceptors (Lipinski definition) is 6. The SMILES string of the molecule is C=C(C)C(=O)OC1C2CC3C(=O)OC1C3C2.C=CC(=O)OC1(CC)C[Si](C)(C)C(C)(C)[Si](C)(C)C1. The number of rotatable bonds is 5. The van der Waals surface area contributed by atoms with Crippen LogP contribution in [-0.2, 0) is 28.6 Å². The van der Waals surface area contributed by atoms with E-state index in [2.05, 4.69) is 60.1 Å². The number of esters is 3. The summed E-state index contributed by atoms with van der Waals surface area (Å²) in [4.78, 5) is 34.7. The zero-order chi connectivity index (χ0) is 26.6. The van der Waals surface area contributed by atoms with Gasteiger partial charge in [0.15, 0.2) is 0 Å². The van der Waals surface area contributed by atoms with Crippen molar-refractivity contribution >= 4 is 34.1 Å². The molecule has 0 aromatic heterocycles. The molecule has 2 bridgehead atoms. The summed E-state index contributed by atoms with van der Waals surface area (Å²) in [5, 5.41) is 0. The zero-order valence-corrected chi connectivity index (χ0v) is 24.9. The van der Waals surface area contributed by atoms with E-state index in [1.807, 2.05) is 0 Å². The summed E-state index contributed by atoms with van der Waals surface area (Å²) >= 11 is 0. The van der Waals surface area contributed by atoms with Crippen LogP contribution < -0.4 is 0 Å². The van der Waals surface area contributed by atoms with E-state index >= 15 is 0 Å². The van der Waals surface area contributed by atoms with Crippen molar-refractivity contribution in [2.75, 3.05) is 0 Å². The molecule has 4 fully saturated rings. The van der Waals surface area contributed by atoms with Gasteiger partial charge in [0.2, 0.25) is 0 Å². The van der Waals surface area contributed by atoms with Gasteiger partial charge in [-0.2, -0.15) is 0 Å². The molecule has 4 aliphatic rings. The van der Waals surface area contributed by atoms with E-state index in [1.54, 1.807) is 6.92 Å². The maximum Gasteiger partial charge on any atom is 0.333 e. The number of ether oxygens (including phenoxy) is 3. The quantitative estimate of drug-likeness (QED) is 0.201. The minimum Gasteiger partial charge on any atom is -0.458 e. The lowest BCUT2D eigenvalue weighted by molar-refractivity contribution is -0.158. The highest BCUT2D eigenvalue weighted by Crippen LogP contribution is 2.58. The van der Waals surface area contributed by atoms with Crippen molar-refractivity contribution in [3.8, 4) is 0 Å². The molecule has 0 spiro atoms. The van der Waals surface area contributed by atoms with Gasteiger partial charge in [-0.3, -0.25) is 4.79 Å². The summed E-state index contributed by atoms with van der Waals surface area (Å²) in [5.74, 6) is -0.0930. The molecule has 8 heteroatoms. The van der Waals surface area contributed by atoms with Gasteiger partial charge in [-0.15, -0.1) is 0 Å². The Kier molecular flexibility index (Phi) is 7.43. The third-order valence-electron chi connectivity index (χ3n) is 10.0. The first-order valence-corrected chi connectivity index (χ1v) is 19.3. The summed E-state index contributed by atoms with van der Waals surface area (Å²) < 4.78 is 17.0. The van der Waals surface area contributed by atoms with Crippen molar-refractivity contribution in [1.82, 2.24) is 0 Å². The Balaban J connectivity index is 0.000000197. The van der Waals surface area contributed by atoms with Crippen LogP contribution in [0.3, 0.4) is 0 Å². The molecule has 4 rings (SSSR count). The molecule has 0 amide bonds. The van der Waals surface area contributed by atoms with Crippen LogP contribution in [0.5, 0.6) is 0 Å². The van der Waals surface area contributed by atoms with Gasteiger partial charge in [-0.1, -0.05) is 60.1 Å². The third kappa shape index (κ3) is 4.85. The molecule has 0 aromatic carbocycles. The number of carbonyl (C=O) groups excluding carboxylic acids is 3. The Bertz CT molecular complexity index is 901. The second-order valence-electron chi connectivity index (χ2n) is 13.0.